The van der Waals surface area contributed by atoms with Gasteiger partial charge < -0.3 is 15.0 Å². The lowest BCUT2D eigenvalue weighted by molar-refractivity contribution is -0.148. The Balaban J connectivity index is 1.60. The predicted octanol–water partition coefficient (Wildman–Crippen LogP) is 3.96. The number of hydrogen-bond donors (Lipinski definition) is 1. The molecule has 2 heterocycles. The number of halogens is 1. The highest BCUT2D eigenvalue weighted by Gasteiger charge is 2.44. The highest BCUT2D eigenvalue weighted by Crippen LogP contribution is 2.36. The van der Waals surface area contributed by atoms with Crippen molar-refractivity contribution in [2.75, 3.05) is 26.2 Å². The second-order valence-electron chi connectivity index (χ2n) is 8.89. The number of carbonyl (C=O) groups excluding carboxylic acids is 2. The van der Waals surface area contributed by atoms with Crippen LogP contribution < -0.4 is 5.32 Å². The maximum Gasteiger partial charge on any atom is 0.251 e. The molecule has 0 spiro atoms. The fourth-order valence-electron chi connectivity index (χ4n) is 4.97. The topological polar surface area (TPSA) is 58.6 Å². The van der Waals surface area contributed by atoms with E-state index in [9.17, 15) is 14.0 Å². The molecule has 2 aromatic rings. The first-order valence-electron chi connectivity index (χ1n) is 11.5. The van der Waals surface area contributed by atoms with Gasteiger partial charge in [-0.15, -0.1) is 0 Å². The van der Waals surface area contributed by atoms with Gasteiger partial charge in [0.25, 0.3) is 5.91 Å². The van der Waals surface area contributed by atoms with E-state index in [1.807, 2.05) is 42.2 Å². The summed E-state index contributed by atoms with van der Waals surface area (Å²) in [6.45, 7) is 4.13. The lowest BCUT2D eigenvalue weighted by Gasteiger charge is -2.42. The Bertz CT molecular complexity index is 973. The number of hydrogen-bond acceptors (Lipinski definition) is 3. The van der Waals surface area contributed by atoms with Gasteiger partial charge in [-0.1, -0.05) is 36.4 Å². The van der Waals surface area contributed by atoms with Crippen LogP contribution in [0.1, 0.15) is 38.2 Å². The third-order valence-corrected chi connectivity index (χ3v) is 6.54. The number of carbonyl (C=O) groups is 2. The molecule has 2 fully saturated rings. The summed E-state index contributed by atoms with van der Waals surface area (Å²) in [6, 6.07) is 14.4. The summed E-state index contributed by atoms with van der Waals surface area (Å²) < 4.78 is 19.3. The number of nitrogens with one attached hydrogen (secondary N) is 1. The summed E-state index contributed by atoms with van der Waals surface area (Å²) in [5.41, 5.74) is 2.03. The third-order valence-electron chi connectivity index (χ3n) is 6.54. The molecule has 4 rings (SSSR count). The van der Waals surface area contributed by atoms with Crippen LogP contribution in [0.2, 0.25) is 0 Å². The van der Waals surface area contributed by atoms with Gasteiger partial charge in [-0.05, 0) is 67.9 Å². The molecule has 6 heteroatoms. The zero-order chi connectivity index (χ0) is 22.6. The highest BCUT2D eigenvalue weighted by atomic mass is 19.1. The molecular weight excluding hydrogens is 407 g/mol. The maximum atomic E-state index is 13.7. The van der Waals surface area contributed by atoms with Crippen molar-refractivity contribution in [2.24, 2.45) is 5.41 Å². The molecule has 2 amide bonds. The van der Waals surface area contributed by atoms with Crippen LogP contribution in [0.25, 0.3) is 11.1 Å². The van der Waals surface area contributed by atoms with E-state index in [4.69, 9.17) is 4.74 Å². The monoisotopic (exact) mass is 438 g/mol. The van der Waals surface area contributed by atoms with E-state index >= 15 is 0 Å². The number of nitrogens with zero attached hydrogens (tertiary/aromatic N) is 1. The Kier molecular flexibility index (Phi) is 6.89. The van der Waals surface area contributed by atoms with Crippen LogP contribution in [0.3, 0.4) is 0 Å². The molecule has 1 N–H and O–H groups in total. The number of ether oxygens (including phenoxy) is 1. The number of likely N-dealkylation sites (tertiary alicyclic amines) is 1. The minimum Gasteiger partial charge on any atom is -0.368 e. The molecule has 0 radical (unpaired) electrons. The maximum absolute atomic E-state index is 13.7. The summed E-state index contributed by atoms with van der Waals surface area (Å²) >= 11 is 0. The van der Waals surface area contributed by atoms with Gasteiger partial charge in [0, 0.05) is 26.2 Å². The summed E-state index contributed by atoms with van der Waals surface area (Å²) in [4.78, 5) is 28.1. The van der Waals surface area contributed by atoms with E-state index in [2.05, 4.69) is 5.32 Å². The van der Waals surface area contributed by atoms with Crippen LogP contribution >= 0.6 is 0 Å². The molecule has 32 heavy (non-hydrogen) atoms. The molecule has 2 aliphatic heterocycles. The van der Waals surface area contributed by atoms with E-state index in [1.54, 1.807) is 6.07 Å². The molecule has 170 valence electrons. The highest BCUT2D eigenvalue weighted by molar-refractivity contribution is 5.86. The summed E-state index contributed by atoms with van der Waals surface area (Å²) in [6.07, 6.45) is 3.29. The first-order chi connectivity index (χ1) is 15.5. The molecule has 0 saturated carbocycles. The number of benzene rings is 2. The first kappa shape index (κ1) is 22.5. The van der Waals surface area contributed by atoms with Crippen molar-refractivity contribution in [3.05, 3.63) is 59.9 Å². The van der Waals surface area contributed by atoms with E-state index < -0.39 is 5.41 Å². The Morgan fingerprint density at radius 2 is 1.94 bits per heavy atom. The molecule has 0 aliphatic carbocycles. The Morgan fingerprint density at radius 3 is 2.66 bits per heavy atom. The Hall–Kier alpha value is -2.73. The molecule has 0 bridgehead atoms. The fraction of sp³-hybridized carbons (Fsp3) is 0.462. The van der Waals surface area contributed by atoms with Crippen LogP contribution in [0.15, 0.2) is 48.5 Å². The summed E-state index contributed by atoms with van der Waals surface area (Å²) in [5.74, 6) is -0.285. The fourth-order valence-corrected chi connectivity index (χ4v) is 4.97. The van der Waals surface area contributed by atoms with Crippen LogP contribution in [-0.4, -0.2) is 49.1 Å². The van der Waals surface area contributed by atoms with E-state index in [-0.39, 0.29) is 23.7 Å². The number of amides is 2. The molecule has 0 aromatic heterocycles. The lowest BCUT2D eigenvalue weighted by atomic mass is 9.73. The quantitative estimate of drug-likeness (QED) is 0.743. The smallest absolute Gasteiger partial charge is 0.251 e. The van der Waals surface area contributed by atoms with Crippen molar-refractivity contribution < 1.29 is 18.7 Å². The van der Waals surface area contributed by atoms with Crippen LogP contribution in [0, 0.1) is 11.2 Å². The SMILES string of the molecule is CCNC(=O)[C@]1(Cc2cccc(-c3cccc(F)c3)c2)CCCN(C(=O)[C@@H]2CCCO2)C1. The average molecular weight is 439 g/mol. The van der Waals surface area contributed by atoms with Crippen molar-refractivity contribution in [3.8, 4) is 11.1 Å². The van der Waals surface area contributed by atoms with Crippen LogP contribution in [0.4, 0.5) is 4.39 Å². The molecule has 2 aromatic carbocycles. The summed E-state index contributed by atoms with van der Waals surface area (Å²) in [7, 11) is 0. The van der Waals surface area contributed by atoms with Crippen molar-refractivity contribution in [1.82, 2.24) is 10.2 Å². The van der Waals surface area contributed by atoms with Gasteiger partial charge in [0.05, 0.1) is 5.41 Å². The minimum absolute atomic E-state index is 0.00406. The third kappa shape index (κ3) is 4.85. The van der Waals surface area contributed by atoms with E-state index in [0.29, 0.717) is 32.7 Å². The van der Waals surface area contributed by atoms with Gasteiger partial charge in [-0.3, -0.25) is 9.59 Å². The van der Waals surface area contributed by atoms with Gasteiger partial charge in [-0.2, -0.15) is 0 Å². The van der Waals surface area contributed by atoms with Gasteiger partial charge in [0.2, 0.25) is 5.91 Å². The zero-order valence-electron chi connectivity index (χ0n) is 18.6. The van der Waals surface area contributed by atoms with Gasteiger partial charge in [0.15, 0.2) is 0 Å². The molecule has 2 aliphatic rings. The van der Waals surface area contributed by atoms with E-state index in [0.717, 1.165) is 42.4 Å². The Morgan fingerprint density at radius 1 is 1.16 bits per heavy atom. The zero-order valence-corrected chi connectivity index (χ0v) is 18.6. The first-order valence-corrected chi connectivity index (χ1v) is 11.5. The molecule has 0 unspecified atom stereocenters. The van der Waals surface area contributed by atoms with Crippen molar-refractivity contribution in [1.29, 1.82) is 0 Å². The standard InChI is InChI=1S/C26H31FN2O3/c1-2-28-25(31)26(12-6-13-29(18-26)24(30)23-11-5-14-32-23)17-19-7-3-8-20(15-19)21-9-4-10-22(27)16-21/h3-4,7-10,15-16,23H,2,5-6,11-14,17-18H2,1H3,(H,28,31)/t23-,26-/m0/s1. The molecule has 5 nitrogen and oxygen atoms in total. The van der Waals surface area contributed by atoms with Crippen molar-refractivity contribution >= 4 is 11.8 Å². The van der Waals surface area contributed by atoms with Crippen molar-refractivity contribution in [2.45, 2.75) is 45.1 Å². The van der Waals surface area contributed by atoms with E-state index in [1.165, 1.54) is 12.1 Å². The summed E-state index contributed by atoms with van der Waals surface area (Å²) in [5, 5.41) is 3.00. The number of rotatable bonds is 6. The van der Waals surface area contributed by atoms with Crippen molar-refractivity contribution in [3.63, 3.8) is 0 Å². The molecule has 2 saturated heterocycles. The minimum atomic E-state index is -0.691. The normalized spacial score (nSPS) is 23.2. The number of piperidine rings is 1. The molecule has 2 atom stereocenters. The largest absolute Gasteiger partial charge is 0.368 e. The predicted molar refractivity (Wildman–Crippen MR) is 121 cm³/mol. The van der Waals surface area contributed by atoms with Crippen LogP contribution in [0.5, 0.6) is 0 Å². The average Bonchev–Trinajstić information content (AvgIpc) is 3.34. The molecular formula is C26H31FN2O3. The second kappa shape index (κ2) is 9.82. The van der Waals surface area contributed by atoms with Gasteiger partial charge in [0.1, 0.15) is 11.9 Å². The van der Waals surface area contributed by atoms with Gasteiger partial charge in [-0.25, -0.2) is 4.39 Å². The van der Waals surface area contributed by atoms with Gasteiger partial charge >= 0.3 is 0 Å². The lowest BCUT2D eigenvalue weighted by Crippen LogP contribution is -2.56. The second-order valence-corrected chi connectivity index (χ2v) is 8.89. The Labute approximate surface area is 188 Å². The van der Waals surface area contributed by atoms with Crippen LogP contribution in [-0.2, 0) is 20.7 Å².